The number of H-pyrrole nitrogens is 1. The van der Waals surface area contributed by atoms with E-state index in [9.17, 15) is 4.79 Å². The fourth-order valence-electron chi connectivity index (χ4n) is 3.48. The number of hydrogen-bond acceptors (Lipinski definition) is 4. The SMILES string of the molecule is Cc1nc(C)c(C(=O)N2CCC(c3cc4cnccc4[nH]3)CC2)s1. The van der Waals surface area contributed by atoms with Crippen LogP contribution < -0.4 is 0 Å². The number of thiazole rings is 1. The Labute approximate surface area is 144 Å². The van der Waals surface area contributed by atoms with Crippen molar-refractivity contribution in [2.24, 2.45) is 0 Å². The average Bonchev–Trinajstić information content (AvgIpc) is 3.17. The first kappa shape index (κ1) is 15.3. The predicted molar refractivity (Wildman–Crippen MR) is 95.6 cm³/mol. The van der Waals surface area contributed by atoms with Gasteiger partial charge in [0.15, 0.2) is 0 Å². The Hall–Kier alpha value is -2.21. The summed E-state index contributed by atoms with van der Waals surface area (Å²) in [5.41, 5.74) is 3.25. The largest absolute Gasteiger partial charge is 0.358 e. The van der Waals surface area contributed by atoms with E-state index in [1.807, 2.05) is 37.2 Å². The lowest BCUT2D eigenvalue weighted by Crippen LogP contribution is -2.37. The Bertz CT molecular complexity index is 856. The molecule has 5 nitrogen and oxygen atoms in total. The molecule has 1 saturated heterocycles. The van der Waals surface area contributed by atoms with Crippen molar-refractivity contribution in [3.8, 4) is 0 Å². The van der Waals surface area contributed by atoms with Gasteiger partial charge in [0.1, 0.15) is 4.88 Å². The van der Waals surface area contributed by atoms with Gasteiger partial charge in [-0.25, -0.2) is 4.98 Å². The molecule has 1 aliphatic rings. The number of fused-ring (bicyclic) bond motifs is 1. The molecule has 0 spiro atoms. The average molecular weight is 340 g/mol. The molecule has 0 radical (unpaired) electrons. The number of nitrogens with zero attached hydrogens (tertiary/aromatic N) is 3. The number of piperidine rings is 1. The first-order valence-corrected chi connectivity index (χ1v) is 9.09. The minimum atomic E-state index is 0.136. The molecule has 0 aliphatic carbocycles. The van der Waals surface area contributed by atoms with E-state index in [-0.39, 0.29) is 5.91 Å². The zero-order valence-corrected chi connectivity index (χ0v) is 14.7. The molecule has 1 fully saturated rings. The van der Waals surface area contributed by atoms with Crippen LogP contribution in [0.1, 0.15) is 44.8 Å². The lowest BCUT2D eigenvalue weighted by molar-refractivity contribution is 0.0716. The predicted octanol–water partition coefficient (Wildman–Crippen LogP) is 3.66. The van der Waals surface area contributed by atoms with Gasteiger partial charge in [-0.3, -0.25) is 9.78 Å². The normalized spacial score (nSPS) is 16.0. The summed E-state index contributed by atoms with van der Waals surface area (Å²) in [6.07, 6.45) is 5.68. The fourth-order valence-corrected chi connectivity index (χ4v) is 4.37. The van der Waals surface area contributed by atoms with E-state index >= 15 is 0 Å². The Kier molecular flexibility index (Phi) is 3.84. The topological polar surface area (TPSA) is 61.9 Å². The number of aromatic amines is 1. The lowest BCUT2D eigenvalue weighted by atomic mass is 9.93. The first-order chi connectivity index (χ1) is 11.6. The summed E-state index contributed by atoms with van der Waals surface area (Å²) >= 11 is 1.50. The van der Waals surface area contributed by atoms with Crippen molar-refractivity contribution in [1.29, 1.82) is 0 Å². The van der Waals surface area contributed by atoms with Crippen LogP contribution in [0.25, 0.3) is 10.9 Å². The van der Waals surface area contributed by atoms with Crippen LogP contribution >= 0.6 is 11.3 Å². The summed E-state index contributed by atoms with van der Waals surface area (Å²) in [6.45, 7) is 5.47. The van der Waals surface area contributed by atoms with Crippen molar-refractivity contribution >= 4 is 28.1 Å². The molecule has 0 atom stereocenters. The maximum absolute atomic E-state index is 12.7. The first-order valence-electron chi connectivity index (χ1n) is 8.28. The molecule has 0 aromatic carbocycles. The van der Waals surface area contributed by atoms with Gasteiger partial charge >= 0.3 is 0 Å². The highest BCUT2D eigenvalue weighted by molar-refractivity contribution is 7.13. The third-order valence-electron chi connectivity index (χ3n) is 4.76. The minimum Gasteiger partial charge on any atom is -0.358 e. The molecule has 0 unspecified atom stereocenters. The molecular weight excluding hydrogens is 320 g/mol. The monoisotopic (exact) mass is 340 g/mol. The zero-order chi connectivity index (χ0) is 16.7. The molecule has 3 aromatic heterocycles. The standard InChI is InChI=1S/C18H20N4OS/c1-11-17(24-12(2)20-11)18(23)22-7-4-13(5-8-22)16-9-14-10-19-6-3-15(14)21-16/h3,6,9-10,13,21H,4-5,7-8H2,1-2H3. The molecule has 1 amide bonds. The van der Waals surface area contributed by atoms with Crippen LogP contribution in [0.4, 0.5) is 0 Å². The van der Waals surface area contributed by atoms with E-state index in [0.717, 1.165) is 52.4 Å². The molecule has 24 heavy (non-hydrogen) atoms. The van der Waals surface area contributed by atoms with Crippen LogP contribution in [-0.4, -0.2) is 38.8 Å². The van der Waals surface area contributed by atoms with Gasteiger partial charge in [0.25, 0.3) is 5.91 Å². The van der Waals surface area contributed by atoms with Gasteiger partial charge in [-0.2, -0.15) is 0 Å². The van der Waals surface area contributed by atoms with Gasteiger partial charge < -0.3 is 9.88 Å². The van der Waals surface area contributed by atoms with Gasteiger partial charge in [-0.1, -0.05) is 0 Å². The van der Waals surface area contributed by atoms with Gasteiger partial charge in [0.2, 0.25) is 0 Å². The molecule has 3 aromatic rings. The molecule has 4 rings (SSSR count). The van der Waals surface area contributed by atoms with E-state index in [2.05, 4.69) is 21.0 Å². The highest BCUT2D eigenvalue weighted by atomic mass is 32.1. The Morgan fingerprint density at radius 3 is 2.79 bits per heavy atom. The second-order valence-corrected chi connectivity index (χ2v) is 7.60. The number of hydrogen-bond donors (Lipinski definition) is 1. The molecule has 4 heterocycles. The Balaban J connectivity index is 1.46. The molecule has 0 bridgehead atoms. The van der Waals surface area contributed by atoms with Crippen molar-refractivity contribution < 1.29 is 4.79 Å². The third-order valence-corrected chi connectivity index (χ3v) is 5.82. The van der Waals surface area contributed by atoms with Crippen molar-refractivity contribution in [3.05, 3.63) is 45.8 Å². The number of rotatable bonds is 2. The number of amides is 1. The Morgan fingerprint density at radius 2 is 2.12 bits per heavy atom. The molecule has 1 aliphatic heterocycles. The summed E-state index contributed by atoms with van der Waals surface area (Å²) in [4.78, 5) is 27.5. The number of aromatic nitrogens is 3. The summed E-state index contributed by atoms with van der Waals surface area (Å²) in [7, 11) is 0. The van der Waals surface area contributed by atoms with Crippen molar-refractivity contribution in [2.45, 2.75) is 32.6 Å². The minimum absolute atomic E-state index is 0.136. The van der Waals surface area contributed by atoms with Crippen LogP contribution in [-0.2, 0) is 0 Å². The lowest BCUT2D eigenvalue weighted by Gasteiger charge is -2.31. The second-order valence-electron chi connectivity index (χ2n) is 6.40. The smallest absolute Gasteiger partial charge is 0.265 e. The molecule has 0 saturated carbocycles. The summed E-state index contributed by atoms with van der Waals surface area (Å²) in [6, 6.07) is 4.20. The number of likely N-dealkylation sites (tertiary alicyclic amines) is 1. The van der Waals surface area contributed by atoms with E-state index in [1.165, 1.54) is 17.0 Å². The van der Waals surface area contributed by atoms with Crippen molar-refractivity contribution in [2.75, 3.05) is 13.1 Å². The van der Waals surface area contributed by atoms with E-state index in [1.54, 1.807) is 0 Å². The molecular formula is C18H20N4OS. The number of nitrogens with one attached hydrogen (secondary N) is 1. The van der Waals surface area contributed by atoms with Crippen LogP contribution in [0.15, 0.2) is 24.5 Å². The molecule has 124 valence electrons. The number of carbonyl (C=O) groups excluding carboxylic acids is 1. The highest BCUT2D eigenvalue weighted by Gasteiger charge is 2.27. The van der Waals surface area contributed by atoms with E-state index < -0.39 is 0 Å². The highest BCUT2D eigenvalue weighted by Crippen LogP contribution is 2.31. The molecule has 1 N–H and O–H groups in total. The third kappa shape index (κ3) is 2.71. The van der Waals surface area contributed by atoms with Gasteiger partial charge in [0.05, 0.1) is 10.7 Å². The zero-order valence-electron chi connectivity index (χ0n) is 13.9. The van der Waals surface area contributed by atoms with E-state index in [4.69, 9.17) is 0 Å². The fraction of sp³-hybridized carbons (Fsp3) is 0.389. The van der Waals surface area contributed by atoms with Crippen LogP contribution in [0.5, 0.6) is 0 Å². The quantitative estimate of drug-likeness (QED) is 0.774. The summed E-state index contributed by atoms with van der Waals surface area (Å²) in [5.74, 6) is 0.614. The summed E-state index contributed by atoms with van der Waals surface area (Å²) in [5, 5.41) is 2.11. The number of carbonyl (C=O) groups is 1. The molecule has 6 heteroatoms. The Morgan fingerprint density at radius 1 is 1.33 bits per heavy atom. The van der Waals surface area contributed by atoms with Gasteiger partial charge in [0, 0.05) is 48.0 Å². The van der Waals surface area contributed by atoms with Gasteiger partial charge in [-0.15, -0.1) is 11.3 Å². The van der Waals surface area contributed by atoms with Crippen molar-refractivity contribution in [1.82, 2.24) is 19.9 Å². The van der Waals surface area contributed by atoms with Crippen LogP contribution in [0.3, 0.4) is 0 Å². The maximum atomic E-state index is 12.7. The van der Waals surface area contributed by atoms with E-state index in [0.29, 0.717) is 5.92 Å². The van der Waals surface area contributed by atoms with Crippen LogP contribution in [0.2, 0.25) is 0 Å². The van der Waals surface area contributed by atoms with Crippen LogP contribution in [0, 0.1) is 13.8 Å². The van der Waals surface area contributed by atoms with Crippen molar-refractivity contribution in [3.63, 3.8) is 0 Å². The van der Waals surface area contributed by atoms with Gasteiger partial charge in [-0.05, 0) is 38.8 Å². The second kappa shape index (κ2) is 6.02. The maximum Gasteiger partial charge on any atom is 0.265 e. The number of aryl methyl sites for hydroxylation is 2. The number of pyridine rings is 1. The summed E-state index contributed by atoms with van der Waals surface area (Å²) < 4.78 is 0.